The molecule has 0 saturated carbocycles. The second kappa shape index (κ2) is 4.21. The molecule has 0 aromatic carbocycles. The third-order valence-electron chi connectivity index (χ3n) is 3.29. The average Bonchev–Trinajstić information content (AvgIpc) is 2.85. The highest BCUT2D eigenvalue weighted by Gasteiger charge is 2.25. The minimum absolute atomic E-state index is 0.147. The van der Waals surface area contributed by atoms with Crippen LogP contribution in [-0.2, 0) is 12.0 Å². The summed E-state index contributed by atoms with van der Waals surface area (Å²) in [5, 5.41) is 3.53. The molecule has 1 aromatic rings. The number of aryl methyl sites for hydroxylation is 1. The zero-order chi connectivity index (χ0) is 11.8. The summed E-state index contributed by atoms with van der Waals surface area (Å²) in [6.45, 7) is 11.0. The third-order valence-corrected chi connectivity index (χ3v) is 3.29. The lowest BCUT2D eigenvalue weighted by atomic mass is 9.93. The van der Waals surface area contributed by atoms with Gasteiger partial charge in [-0.15, -0.1) is 0 Å². The Hall–Kier alpha value is -0.830. The molecule has 3 heteroatoms. The van der Waals surface area contributed by atoms with E-state index in [0.717, 1.165) is 13.1 Å². The first-order chi connectivity index (χ1) is 7.52. The molecule has 1 fully saturated rings. The van der Waals surface area contributed by atoms with Gasteiger partial charge in [-0.05, 0) is 26.3 Å². The molecule has 0 amide bonds. The lowest BCUT2D eigenvalue weighted by Gasteiger charge is -2.14. The summed E-state index contributed by atoms with van der Waals surface area (Å²) < 4.78 is 2.30. The van der Waals surface area contributed by atoms with Gasteiger partial charge in [-0.2, -0.15) is 0 Å². The van der Waals surface area contributed by atoms with Crippen LogP contribution in [0.4, 0.5) is 0 Å². The number of hydrogen-bond donors (Lipinski definition) is 1. The highest BCUT2D eigenvalue weighted by Crippen LogP contribution is 2.27. The minimum atomic E-state index is 0.147. The largest absolute Gasteiger partial charge is 0.334 e. The molecule has 90 valence electrons. The first-order valence-electron chi connectivity index (χ1n) is 6.33. The minimum Gasteiger partial charge on any atom is -0.334 e. The molecule has 2 rings (SSSR count). The molecule has 1 N–H and O–H groups in total. The molecule has 0 radical (unpaired) electrons. The topological polar surface area (TPSA) is 29.9 Å². The fraction of sp³-hybridized carbons (Fsp3) is 0.769. The van der Waals surface area contributed by atoms with E-state index in [1.807, 2.05) is 0 Å². The van der Waals surface area contributed by atoms with Crippen molar-refractivity contribution in [3.05, 3.63) is 17.7 Å². The summed E-state index contributed by atoms with van der Waals surface area (Å²) in [4.78, 5) is 4.83. The number of imidazole rings is 1. The second-order valence-electron chi connectivity index (χ2n) is 5.67. The fourth-order valence-corrected chi connectivity index (χ4v) is 2.23. The first-order valence-corrected chi connectivity index (χ1v) is 6.33. The molecule has 0 spiro atoms. The predicted octanol–water partition coefficient (Wildman–Crippen LogP) is 2.62. The Bertz CT molecular complexity index is 354. The van der Waals surface area contributed by atoms with E-state index in [2.05, 4.69) is 43.8 Å². The molecular formula is C13H23N3. The van der Waals surface area contributed by atoms with Gasteiger partial charge in [-0.1, -0.05) is 20.8 Å². The number of nitrogens with zero attached hydrogens (tertiary/aromatic N) is 2. The van der Waals surface area contributed by atoms with Gasteiger partial charge in [0.2, 0.25) is 0 Å². The van der Waals surface area contributed by atoms with Gasteiger partial charge in [-0.3, -0.25) is 0 Å². The van der Waals surface area contributed by atoms with Crippen LogP contribution in [0.15, 0.2) is 6.20 Å². The number of nitrogens with one attached hydrogen (secondary N) is 1. The van der Waals surface area contributed by atoms with Gasteiger partial charge in [0.1, 0.15) is 5.82 Å². The van der Waals surface area contributed by atoms with Gasteiger partial charge in [0.15, 0.2) is 0 Å². The zero-order valence-corrected chi connectivity index (χ0v) is 10.9. The monoisotopic (exact) mass is 221 g/mol. The van der Waals surface area contributed by atoms with E-state index >= 15 is 0 Å². The Labute approximate surface area is 98.3 Å². The Morgan fingerprint density at radius 2 is 2.25 bits per heavy atom. The van der Waals surface area contributed by atoms with Crippen molar-refractivity contribution in [2.45, 2.75) is 58.5 Å². The van der Waals surface area contributed by atoms with E-state index in [0.29, 0.717) is 6.04 Å². The standard InChI is InChI=1S/C13H23N3/c1-5-16-9-11(13(2,3)4)15-12(16)10-7-6-8-14-10/h9-10,14H,5-8H2,1-4H3. The molecule has 1 unspecified atom stereocenters. The molecule has 1 atom stereocenters. The molecule has 3 nitrogen and oxygen atoms in total. The van der Waals surface area contributed by atoms with Crippen LogP contribution in [0.3, 0.4) is 0 Å². The summed E-state index contributed by atoms with van der Waals surface area (Å²) in [5.41, 5.74) is 1.35. The number of hydrogen-bond acceptors (Lipinski definition) is 2. The SMILES string of the molecule is CCn1cc(C(C)(C)C)nc1C1CCCN1. The predicted molar refractivity (Wildman–Crippen MR) is 66.6 cm³/mol. The number of aromatic nitrogens is 2. The number of rotatable bonds is 2. The van der Waals surface area contributed by atoms with Crippen LogP contribution in [0.25, 0.3) is 0 Å². The average molecular weight is 221 g/mol. The highest BCUT2D eigenvalue weighted by atomic mass is 15.1. The van der Waals surface area contributed by atoms with Gasteiger partial charge >= 0.3 is 0 Å². The summed E-state index contributed by atoms with van der Waals surface area (Å²) in [6, 6.07) is 0.469. The Kier molecular flexibility index (Phi) is 3.06. The van der Waals surface area contributed by atoms with Gasteiger partial charge in [-0.25, -0.2) is 4.98 Å². The maximum Gasteiger partial charge on any atom is 0.126 e. The van der Waals surface area contributed by atoms with Crippen LogP contribution in [-0.4, -0.2) is 16.1 Å². The normalized spacial score (nSPS) is 21.6. The summed E-state index contributed by atoms with van der Waals surface area (Å²) in [6.07, 6.45) is 4.71. The van der Waals surface area contributed by atoms with Crippen molar-refractivity contribution in [2.24, 2.45) is 0 Å². The van der Waals surface area contributed by atoms with Crippen molar-refractivity contribution < 1.29 is 0 Å². The van der Waals surface area contributed by atoms with E-state index in [1.165, 1.54) is 24.4 Å². The van der Waals surface area contributed by atoms with E-state index in [1.54, 1.807) is 0 Å². The molecule has 1 saturated heterocycles. The summed E-state index contributed by atoms with van der Waals surface area (Å²) in [7, 11) is 0. The van der Waals surface area contributed by atoms with Crippen molar-refractivity contribution in [2.75, 3.05) is 6.54 Å². The van der Waals surface area contributed by atoms with Crippen molar-refractivity contribution >= 4 is 0 Å². The quantitative estimate of drug-likeness (QED) is 0.832. The van der Waals surface area contributed by atoms with Crippen LogP contribution >= 0.6 is 0 Å². The van der Waals surface area contributed by atoms with Crippen molar-refractivity contribution in [1.29, 1.82) is 0 Å². The fourth-order valence-electron chi connectivity index (χ4n) is 2.23. The van der Waals surface area contributed by atoms with Gasteiger partial charge < -0.3 is 9.88 Å². The van der Waals surface area contributed by atoms with Crippen LogP contribution in [0.1, 0.15) is 58.1 Å². The van der Waals surface area contributed by atoms with Crippen molar-refractivity contribution in [3.63, 3.8) is 0 Å². The Morgan fingerprint density at radius 1 is 1.50 bits per heavy atom. The van der Waals surface area contributed by atoms with Crippen molar-refractivity contribution in [3.8, 4) is 0 Å². The molecule has 16 heavy (non-hydrogen) atoms. The van der Waals surface area contributed by atoms with Crippen molar-refractivity contribution in [1.82, 2.24) is 14.9 Å². The lowest BCUT2D eigenvalue weighted by Crippen LogP contribution is -2.18. The molecule has 1 aromatic heterocycles. The molecular weight excluding hydrogens is 198 g/mol. The third kappa shape index (κ3) is 2.14. The maximum absolute atomic E-state index is 4.83. The van der Waals surface area contributed by atoms with Crippen LogP contribution in [0.5, 0.6) is 0 Å². The van der Waals surface area contributed by atoms with Gasteiger partial charge in [0.05, 0.1) is 11.7 Å². The zero-order valence-electron chi connectivity index (χ0n) is 10.9. The molecule has 0 bridgehead atoms. The highest BCUT2D eigenvalue weighted by molar-refractivity contribution is 5.15. The van der Waals surface area contributed by atoms with Crippen LogP contribution in [0, 0.1) is 0 Å². The van der Waals surface area contributed by atoms with Gasteiger partial charge in [0.25, 0.3) is 0 Å². The van der Waals surface area contributed by atoms with Crippen LogP contribution < -0.4 is 5.32 Å². The van der Waals surface area contributed by atoms with Crippen LogP contribution in [0.2, 0.25) is 0 Å². The smallest absolute Gasteiger partial charge is 0.126 e. The lowest BCUT2D eigenvalue weighted by molar-refractivity contribution is 0.550. The van der Waals surface area contributed by atoms with E-state index in [-0.39, 0.29) is 5.41 Å². The molecule has 0 aliphatic carbocycles. The summed E-state index contributed by atoms with van der Waals surface area (Å²) in [5.74, 6) is 1.23. The first kappa shape index (κ1) is 11.6. The Morgan fingerprint density at radius 3 is 2.75 bits per heavy atom. The maximum atomic E-state index is 4.83. The molecule has 1 aliphatic rings. The van der Waals surface area contributed by atoms with E-state index < -0.39 is 0 Å². The summed E-state index contributed by atoms with van der Waals surface area (Å²) >= 11 is 0. The second-order valence-corrected chi connectivity index (χ2v) is 5.67. The Balaban J connectivity index is 2.32. The molecule has 1 aliphatic heterocycles. The van der Waals surface area contributed by atoms with Gasteiger partial charge in [0, 0.05) is 18.2 Å². The van der Waals surface area contributed by atoms with E-state index in [4.69, 9.17) is 4.98 Å². The van der Waals surface area contributed by atoms with E-state index in [9.17, 15) is 0 Å². The molecule has 2 heterocycles.